The van der Waals surface area contributed by atoms with Crippen LogP contribution in [0.4, 0.5) is 5.69 Å². The number of hydrogen-bond acceptors (Lipinski definition) is 6. The molecule has 148 valence electrons. The van der Waals surface area contributed by atoms with Crippen molar-refractivity contribution in [3.63, 3.8) is 0 Å². The van der Waals surface area contributed by atoms with Gasteiger partial charge in [-0.25, -0.2) is 0 Å². The van der Waals surface area contributed by atoms with Crippen molar-refractivity contribution in [1.29, 1.82) is 0 Å². The second-order valence-electron chi connectivity index (χ2n) is 5.76. The molecule has 0 spiro atoms. The summed E-state index contributed by atoms with van der Waals surface area (Å²) in [5, 5.41) is 13.9. The SMILES string of the molecule is CCCNC(=O)CN(CCC)C(=O)CSc1ccc(C(N)=O)cc1[N+](=O)[O-]. The molecule has 0 aliphatic rings. The van der Waals surface area contributed by atoms with Crippen molar-refractivity contribution in [3.8, 4) is 0 Å². The van der Waals surface area contributed by atoms with Gasteiger partial charge in [0.25, 0.3) is 5.69 Å². The number of thioether (sulfide) groups is 1. The Hall–Kier alpha value is -2.62. The Morgan fingerprint density at radius 3 is 2.52 bits per heavy atom. The number of carbonyl (C=O) groups is 3. The van der Waals surface area contributed by atoms with Crippen molar-refractivity contribution < 1.29 is 19.3 Å². The normalized spacial score (nSPS) is 10.3. The van der Waals surface area contributed by atoms with E-state index in [0.29, 0.717) is 19.5 Å². The maximum absolute atomic E-state index is 12.5. The number of amides is 3. The van der Waals surface area contributed by atoms with Gasteiger partial charge in [0.05, 0.1) is 22.1 Å². The van der Waals surface area contributed by atoms with Crippen LogP contribution in [0.2, 0.25) is 0 Å². The van der Waals surface area contributed by atoms with Crippen LogP contribution < -0.4 is 11.1 Å². The van der Waals surface area contributed by atoms with Crippen LogP contribution in [0, 0.1) is 10.1 Å². The first-order valence-electron chi connectivity index (χ1n) is 8.55. The fourth-order valence-electron chi connectivity index (χ4n) is 2.22. The molecule has 0 aromatic heterocycles. The summed E-state index contributed by atoms with van der Waals surface area (Å²) in [5.74, 6) is -1.35. The van der Waals surface area contributed by atoms with Crippen LogP contribution in [-0.4, -0.2) is 52.9 Å². The van der Waals surface area contributed by atoms with Crippen molar-refractivity contribution in [1.82, 2.24) is 10.2 Å². The van der Waals surface area contributed by atoms with Gasteiger partial charge in [0.15, 0.2) is 0 Å². The molecular weight excluding hydrogens is 372 g/mol. The van der Waals surface area contributed by atoms with Gasteiger partial charge in [0.2, 0.25) is 17.7 Å². The number of primary amides is 1. The summed E-state index contributed by atoms with van der Waals surface area (Å²) < 4.78 is 0. The lowest BCUT2D eigenvalue weighted by atomic mass is 10.2. The summed E-state index contributed by atoms with van der Waals surface area (Å²) in [6.45, 7) is 4.74. The molecule has 3 N–H and O–H groups in total. The zero-order valence-corrected chi connectivity index (χ0v) is 16.2. The molecule has 0 aliphatic heterocycles. The zero-order chi connectivity index (χ0) is 20.4. The summed E-state index contributed by atoms with van der Waals surface area (Å²) in [5.41, 5.74) is 4.88. The van der Waals surface area contributed by atoms with Crippen LogP contribution >= 0.6 is 11.8 Å². The maximum Gasteiger partial charge on any atom is 0.283 e. The van der Waals surface area contributed by atoms with E-state index in [4.69, 9.17) is 5.73 Å². The monoisotopic (exact) mass is 396 g/mol. The van der Waals surface area contributed by atoms with Crippen molar-refractivity contribution in [2.75, 3.05) is 25.4 Å². The Morgan fingerprint density at radius 2 is 1.96 bits per heavy atom. The molecule has 0 aliphatic carbocycles. The third kappa shape index (κ3) is 7.26. The van der Waals surface area contributed by atoms with Crippen LogP contribution in [0.5, 0.6) is 0 Å². The van der Waals surface area contributed by atoms with E-state index in [1.54, 1.807) is 0 Å². The highest BCUT2D eigenvalue weighted by Gasteiger charge is 2.21. The number of carbonyl (C=O) groups excluding carboxylic acids is 3. The number of nitro groups is 1. The third-order valence-corrected chi connectivity index (χ3v) is 4.59. The van der Waals surface area contributed by atoms with E-state index < -0.39 is 10.8 Å². The number of hydrogen-bond donors (Lipinski definition) is 2. The van der Waals surface area contributed by atoms with E-state index in [9.17, 15) is 24.5 Å². The van der Waals surface area contributed by atoms with E-state index >= 15 is 0 Å². The molecule has 0 saturated carbocycles. The predicted molar refractivity (Wildman–Crippen MR) is 103 cm³/mol. The summed E-state index contributed by atoms with van der Waals surface area (Å²) in [6.07, 6.45) is 1.49. The lowest BCUT2D eigenvalue weighted by Gasteiger charge is -2.21. The number of rotatable bonds is 11. The van der Waals surface area contributed by atoms with Crippen LogP contribution in [0.1, 0.15) is 37.0 Å². The number of nitrogens with two attached hydrogens (primary N) is 1. The van der Waals surface area contributed by atoms with Crippen molar-refractivity contribution in [3.05, 3.63) is 33.9 Å². The lowest BCUT2D eigenvalue weighted by Crippen LogP contribution is -2.42. The average Bonchev–Trinajstić information content (AvgIpc) is 2.63. The molecule has 0 fully saturated rings. The number of nitro benzene ring substituents is 1. The quantitative estimate of drug-likeness (QED) is 0.331. The van der Waals surface area contributed by atoms with Gasteiger partial charge in [-0.1, -0.05) is 13.8 Å². The molecule has 0 radical (unpaired) electrons. The maximum atomic E-state index is 12.5. The molecule has 0 heterocycles. The predicted octanol–water partition coefficient (Wildman–Crippen LogP) is 1.55. The Morgan fingerprint density at radius 1 is 1.26 bits per heavy atom. The van der Waals surface area contributed by atoms with Crippen molar-refractivity contribution in [2.24, 2.45) is 5.73 Å². The Kier molecular flexibility index (Phi) is 9.27. The van der Waals surface area contributed by atoms with Gasteiger partial charge >= 0.3 is 0 Å². The van der Waals surface area contributed by atoms with Gasteiger partial charge in [0.1, 0.15) is 0 Å². The smallest absolute Gasteiger partial charge is 0.283 e. The molecule has 10 heteroatoms. The van der Waals surface area contributed by atoms with Gasteiger partial charge in [0, 0.05) is 24.7 Å². The van der Waals surface area contributed by atoms with E-state index in [1.807, 2.05) is 13.8 Å². The topological polar surface area (TPSA) is 136 Å². The minimum Gasteiger partial charge on any atom is -0.366 e. The van der Waals surface area contributed by atoms with Gasteiger partial charge in [-0.2, -0.15) is 0 Å². The number of nitrogens with zero attached hydrogens (tertiary/aromatic N) is 2. The van der Waals surface area contributed by atoms with Crippen LogP contribution in [0.25, 0.3) is 0 Å². The number of nitrogens with one attached hydrogen (secondary N) is 1. The van der Waals surface area contributed by atoms with Crippen LogP contribution in [0.15, 0.2) is 23.1 Å². The fourth-order valence-corrected chi connectivity index (χ4v) is 3.13. The van der Waals surface area contributed by atoms with E-state index in [1.165, 1.54) is 17.0 Å². The van der Waals surface area contributed by atoms with Gasteiger partial charge in [-0.3, -0.25) is 24.5 Å². The molecule has 0 atom stereocenters. The average molecular weight is 396 g/mol. The largest absolute Gasteiger partial charge is 0.366 e. The van der Waals surface area contributed by atoms with Crippen LogP contribution in [0.3, 0.4) is 0 Å². The Balaban J connectivity index is 2.81. The third-order valence-electron chi connectivity index (χ3n) is 3.54. The van der Waals surface area contributed by atoms with Crippen molar-refractivity contribution in [2.45, 2.75) is 31.6 Å². The fraction of sp³-hybridized carbons (Fsp3) is 0.471. The van der Waals surface area contributed by atoms with Crippen LogP contribution in [-0.2, 0) is 9.59 Å². The van der Waals surface area contributed by atoms with E-state index in [-0.39, 0.29) is 40.3 Å². The second kappa shape index (κ2) is 11.2. The summed E-state index contributed by atoms with van der Waals surface area (Å²) in [4.78, 5) is 47.8. The standard InChI is InChI=1S/C17H24N4O5S/c1-3-7-19-15(22)10-20(8-4-2)16(23)11-27-14-6-5-12(17(18)24)9-13(14)21(25)26/h5-6,9H,3-4,7-8,10-11H2,1-2H3,(H2,18,24)(H,19,22). The molecule has 1 aromatic carbocycles. The zero-order valence-electron chi connectivity index (χ0n) is 15.4. The van der Waals surface area contributed by atoms with Crippen molar-refractivity contribution >= 4 is 35.2 Å². The summed E-state index contributed by atoms with van der Waals surface area (Å²) in [6, 6.07) is 3.87. The van der Waals surface area contributed by atoms with Gasteiger partial charge in [-0.15, -0.1) is 11.8 Å². The van der Waals surface area contributed by atoms with E-state index in [0.717, 1.165) is 24.2 Å². The molecular formula is C17H24N4O5S. The summed E-state index contributed by atoms with van der Waals surface area (Å²) in [7, 11) is 0. The highest BCUT2D eigenvalue weighted by molar-refractivity contribution is 8.00. The van der Waals surface area contributed by atoms with E-state index in [2.05, 4.69) is 5.32 Å². The molecule has 0 saturated heterocycles. The Labute approximate surface area is 161 Å². The first kappa shape index (κ1) is 22.4. The first-order valence-corrected chi connectivity index (χ1v) is 9.54. The number of benzene rings is 1. The molecule has 1 aromatic rings. The molecule has 0 bridgehead atoms. The van der Waals surface area contributed by atoms with Gasteiger partial charge in [-0.05, 0) is 25.0 Å². The van der Waals surface area contributed by atoms with Gasteiger partial charge < -0.3 is 16.0 Å². The lowest BCUT2D eigenvalue weighted by molar-refractivity contribution is -0.387. The highest BCUT2D eigenvalue weighted by atomic mass is 32.2. The Bertz CT molecular complexity index is 711. The minimum atomic E-state index is -0.766. The minimum absolute atomic E-state index is 0.0255. The highest BCUT2D eigenvalue weighted by Crippen LogP contribution is 2.30. The molecule has 3 amide bonds. The first-order chi connectivity index (χ1) is 12.8. The molecule has 0 unspecified atom stereocenters. The molecule has 9 nitrogen and oxygen atoms in total. The molecule has 27 heavy (non-hydrogen) atoms. The molecule has 1 rings (SSSR count). The summed E-state index contributed by atoms with van der Waals surface area (Å²) >= 11 is 0.986. The second-order valence-corrected chi connectivity index (χ2v) is 6.77.